The monoisotopic (exact) mass is 276 g/mol. The number of aromatic nitrogens is 1. The molecule has 0 bridgehead atoms. The minimum absolute atomic E-state index is 0.143. The molecule has 0 saturated heterocycles. The first kappa shape index (κ1) is 11.5. The normalized spacial score (nSPS) is 10.1. The van der Waals surface area contributed by atoms with E-state index in [0.29, 0.717) is 0 Å². The van der Waals surface area contributed by atoms with Crippen LogP contribution in [0.1, 0.15) is 27.9 Å². The Morgan fingerprint density at radius 1 is 1.67 bits per heavy atom. The van der Waals surface area contributed by atoms with Crippen LogP contribution in [-0.2, 0) is 0 Å². The van der Waals surface area contributed by atoms with Crippen LogP contribution in [0.25, 0.3) is 0 Å². The van der Waals surface area contributed by atoms with Crippen molar-refractivity contribution in [2.45, 2.75) is 6.43 Å². The second-order valence-corrected chi connectivity index (χ2v) is 3.22. The van der Waals surface area contributed by atoms with Crippen LogP contribution in [0.15, 0.2) is 10.8 Å². The largest absolute Gasteiger partial charge is 0.478 e. The molecule has 1 aromatic heterocycles. The minimum Gasteiger partial charge on any atom is -0.478 e. The Balaban J connectivity index is 3.56. The van der Waals surface area contributed by atoms with Crippen molar-refractivity contribution < 1.29 is 18.7 Å². The third-order valence-corrected chi connectivity index (χ3v) is 2.22. The predicted molar refractivity (Wildman–Crippen MR) is 48.6 cm³/mol. The maximum atomic E-state index is 12.4. The van der Waals surface area contributed by atoms with Gasteiger partial charge < -0.3 is 5.11 Å². The van der Waals surface area contributed by atoms with E-state index in [9.17, 15) is 13.6 Å². The molecule has 0 aromatic carbocycles. The van der Waals surface area contributed by atoms with E-state index in [1.54, 1.807) is 0 Å². The lowest BCUT2D eigenvalue weighted by Gasteiger charge is -2.06. The Morgan fingerprint density at radius 2 is 2.27 bits per heavy atom. The number of pyridine rings is 1. The van der Waals surface area contributed by atoms with Crippen molar-refractivity contribution in [3.05, 3.63) is 27.5 Å². The highest BCUT2D eigenvalue weighted by atomic mass is 79.9. The molecule has 0 aliphatic carbocycles. The van der Waals surface area contributed by atoms with Crippen molar-refractivity contribution in [3.8, 4) is 6.07 Å². The van der Waals surface area contributed by atoms with Crippen LogP contribution in [-0.4, -0.2) is 16.1 Å². The number of rotatable bonds is 2. The van der Waals surface area contributed by atoms with Crippen molar-refractivity contribution >= 4 is 21.9 Å². The molecule has 0 unspecified atom stereocenters. The summed E-state index contributed by atoms with van der Waals surface area (Å²) in [4.78, 5) is 14.1. The van der Waals surface area contributed by atoms with Crippen molar-refractivity contribution in [1.29, 1.82) is 5.26 Å². The van der Waals surface area contributed by atoms with Gasteiger partial charge in [0.15, 0.2) is 0 Å². The van der Waals surface area contributed by atoms with Gasteiger partial charge in [-0.25, -0.2) is 18.6 Å². The van der Waals surface area contributed by atoms with Gasteiger partial charge in [0.25, 0.3) is 6.43 Å². The zero-order chi connectivity index (χ0) is 11.6. The summed E-state index contributed by atoms with van der Waals surface area (Å²) in [7, 11) is 0. The third-order valence-electron chi connectivity index (χ3n) is 1.62. The first-order valence-electron chi connectivity index (χ1n) is 3.59. The van der Waals surface area contributed by atoms with Crippen LogP contribution in [0, 0.1) is 11.3 Å². The Bertz CT molecular complexity index is 457. The standard InChI is InChI=1S/C8H3BrF2N2O2/c9-6-5(8(14)15)3(1-12)4(2-13-6)7(10)11/h2,7H,(H,14,15). The number of alkyl halides is 2. The van der Waals surface area contributed by atoms with E-state index in [2.05, 4.69) is 20.9 Å². The maximum Gasteiger partial charge on any atom is 0.339 e. The van der Waals surface area contributed by atoms with E-state index in [0.717, 1.165) is 6.20 Å². The first-order chi connectivity index (χ1) is 6.99. The lowest BCUT2D eigenvalue weighted by atomic mass is 10.1. The summed E-state index contributed by atoms with van der Waals surface area (Å²) in [6.45, 7) is 0. The molecule has 0 saturated carbocycles. The molecule has 7 heteroatoms. The molecule has 0 radical (unpaired) electrons. The van der Waals surface area contributed by atoms with Crippen LogP contribution in [0.2, 0.25) is 0 Å². The fraction of sp³-hybridized carbons (Fsp3) is 0.125. The third kappa shape index (κ3) is 2.10. The Kier molecular flexibility index (Phi) is 3.31. The van der Waals surface area contributed by atoms with Crippen LogP contribution < -0.4 is 0 Å². The molecule has 0 fully saturated rings. The van der Waals surface area contributed by atoms with Gasteiger partial charge in [-0.3, -0.25) is 0 Å². The molecule has 0 aliphatic rings. The fourth-order valence-corrected chi connectivity index (χ4v) is 1.45. The summed E-state index contributed by atoms with van der Waals surface area (Å²) in [6.07, 6.45) is -2.15. The van der Waals surface area contributed by atoms with Gasteiger partial charge >= 0.3 is 5.97 Å². The quantitative estimate of drug-likeness (QED) is 0.842. The molecule has 4 nitrogen and oxygen atoms in total. The summed E-state index contributed by atoms with van der Waals surface area (Å²) in [5, 5.41) is 17.3. The molecule has 0 spiro atoms. The van der Waals surface area contributed by atoms with Gasteiger partial charge in [0.2, 0.25) is 0 Å². The Labute approximate surface area is 91.3 Å². The lowest BCUT2D eigenvalue weighted by molar-refractivity contribution is 0.0694. The highest BCUT2D eigenvalue weighted by Gasteiger charge is 2.23. The molecule has 1 N–H and O–H groups in total. The van der Waals surface area contributed by atoms with E-state index < -0.39 is 29.1 Å². The number of nitrogens with zero attached hydrogens (tertiary/aromatic N) is 2. The minimum atomic E-state index is -2.93. The van der Waals surface area contributed by atoms with Gasteiger partial charge in [0.1, 0.15) is 16.2 Å². The molecule has 0 amide bonds. The number of carboxylic acid groups (broad SMARTS) is 1. The summed E-state index contributed by atoms with van der Waals surface area (Å²) < 4.78 is 24.6. The van der Waals surface area contributed by atoms with E-state index in [4.69, 9.17) is 10.4 Å². The number of carbonyl (C=O) groups is 1. The molecule has 78 valence electrons. The number of nitriles is 1. The highest BCUT2D eigenvalue weighted by molar-refractivity contribution is 9.10. The summed E-state index contributed by atoms with van der Waals surface area (Å²) in [5.74, 6) is -1.48. The highest BCUT2D eigenvalue weighted by Crippen LogP contribution is 2.27. The first-order valence-corrected chi connectivity index (χ1v) is 4.38. The lowest BCUT2D eigenvalue weighted by Crippen LogP contribution is -2.07. The zero-order valence-electron chi connectivity index (χ0n) is 7.04. The molecular weight excluding hydrogens is 274 g/mol. The molecule has 15 heavy (non-hydrogen) atoms. The van der Waals surface area contributed by atoms with Crippen molar-refractivity contribution in [3.63, 3.8) is 0 Å². The van der Waals surface area contributed by atoms with Crippen LogP contribution >= 0.6 is 15.9 Å². The van der Waals surface area contributed by atoms with E-state index in [-0.39, 0.29) is 4.60 Å². The molecular formula is C8H3BrF2N2O2. The molecule has 0 atom stereocenters. The summed E-state index contributed by atoms with van der Waals surface area (Å²) in [6, 6.07) is 1.44. The van der Waals surface area contributed by atoms with E-state index >= 15 is 0 Å². The van der Waals surface area contributed by atoms with Gasteiger partial charge in [-0.1, -0.05) is 0 Å². The van der Waals surface area contributed by atoms with Crippen LogP contribution in [0.5, 0.6) is 0 Å². The zero-order valence-corrected chi connectivity index (χ0v) is 8.62. The van der Waals surface area contributed by atoms with Crippen LogP contribution in [0.4, 0.5) is 8.78 Å². The number of hydrogen-bond acceptors (Lipinski definition) is 3. The second-order valence-electron chi connectivity index (χ2n) is 2.47. The average molecular weight is 277 g/mol. The van der Waals surface area contributed by atoms with Gasteiger partial charge in [-0.15, -0.1) is 0 Å². The van der Waals surface area contributed by atoms with Crippen LogP contribution in [0.3, 0.4) is 0 Å². The molecule has 1 aromatic rings. The molecule has 1 heterocycles. The smallest absolute Gasteiger partial charge is 0.339 e. The second kappa shape index (κ2) is 4.31. The average Bonchev–Trinajstić information content (AvgIpc) is 2.15. The topological polar surface area (TPSA) is 74.0 Å². The Morgan fingerprint density at radius 3 is 2.67 bits per heavy atom. The van der Waals surface area contributed by atoms with Gasteiger partial charge in [-0.05, 0) is 15.9 Å². The fourth-order valence-electron chi connectivity index (χ4n) is 0.984. The van der Waals surface area contributed by atoms with Gasteiger partial charge in [-0.2, -0.15) is 5.26 Å². The number of carboxylic acids is 1. The Hall–Kier alpha value is -1.55. The predicted octanol–water partition coefficient (Wildman–Crippen LogP) is 2.35. The van der Waals surface area contributed by atoms with Crippen molar-refractivity contribution in [1.82, 2.24) is 4.98 Å². The number of aromatic carboxylic acids is 1. The van der Waals surface area contributed by atoms with Gasteiger partial charge in [0, 0.05) is 6.20 Å². The summed E-state index contributed by atoms with van der Waals surface area (Å²) >= 11 is 2.78. The summed E-state index contributed by atoms with van der Waals surface area (Å²) in [5.41, 5.74) is -1.80. The SMILES string of the molecule is N#Cc1c(C(F)F)cnc(Br)c1C(=O)O. The van der Waals surface area contributed by atoms with Crippen molar-refractivity contribution in [2.24, 2.45) is 0 Å². The number of halogens is 3. The van der Waals surface area contributed by atoms with Crippen molar-refractivity contribution in [2.75, 3.05) is 0 Å². The van der Waals surface area contributed by atoms with E-state index in [1.165, 1.54) is 6.07 Å². The van der Waals surface area contributed by atoms with E-state index in [1.807, 2.05) is 0 Å². The molecule has 0 aliphatic heterocycles. The number of hydrogen-bond donors (Lipinski definition) is 1. The van der Waals surface area contributed by atoms with Gasteiger partial charge in [0.05, 0.1) is 11.1 Å². The maximum absolute atomic E-state index is 12.4. The molecule has 1 rings (SSSR count).